The van der Waals surface area contributed by atoms with Crippen LogP contribution in [0, 0.1) is 0 Å². The highest BCUT2D eigenvalue weighted by molar-refractivity contribution is 5.77. The van der Waals surface area contributed by atoms with Crippen LogP contribution >= 0.6 is 0 Å². The number of aliphatic hydroxyl groups excluding tert-OH is 1. The number of aliphatic hydroxyl groups is 1. The van der Waals surface area contributed by atoms with Crippen molar-refractivity contribution in [1.29, 1.82) is 0 Å². The lowest BCUT2D eigenvalue weighted by Crippen LogP contribution is -2.48. The fourth-order valence-corrected chi connectivity index (χ4v) is 1.98. The minimum absolute atomic E-state index is 0.210. The second kappa shape index (κ2) is 3.84. The van der Waals surface area contributed by atoms with Gasteiger partial charge in [-0.2, -0.15) is 0 Å². The molecule has 14 heavy (non-hydrogen) atoms. The van der Waals surface area contributed by atoms with Crippen LogP contribution in [0.25, 0.3) is 0 Å². The average molecular weight is 201 g/mol. The Labute approximate surface area is 82.6 Å². The number of carbonyl (C=O) groups is 1. The number of hydrogen-bond donors (Lipinski definition) is 1. The summed E-state index contributed by atoms with van der Waals surface area (Å²) in [5.74, 6) is -0.649. The SMILES string of the molecule is O=C(CO)N1CCC2(CC1)OCCO2. The van der Waals surface area contributed by atoms with Crippen LogP contribution in [0.3, 0.4) is 0 Å². The van der Waals surface area contributed by atoms with E-state index in [1.807, 2.05) is 0 Å². The molecule has 0 aliphatic carbocycles. The van der Waals surface area contributed by atoms with E-state index in [9.17, 15) is 4.79 Å². The Morgan fingerprint density at radius 3 is 2.36 bits per heavy atom. The van der Waals surface area contributed by atoms with E-state index in [4.69, 9.17) is 14.6 Å². The minimum Gasteiger partial charge on any atom is -0.387 e. The molecule has 0 saturated carbocycles. The van der Waals surface area contributed by atoms with Gasteiger partial charge in [-0.05, 0) is 0 Å². The third-order valence-electron chi connectivity index (χ3n) is 2.83. The Hall–Kier alpha value is -0.650. The van der Waals surface area contributed by atoms with Crippen molar-refractivity contribution in [1.82, 2.24) is 4.90 Å². The monoisotopic (exact) mass is 201 g/mol. The summed E-state index contributed by atoms with van der Waals surface area (Å²) < 4.78 is 11.0. The molecule has 5 nitrogen and oxygen atoms in total. The standard InChI is InChI=1S/C9H15NO4/c11-7-8(12)10-3-1-9(2-4-10)13-5-6-14-9/h11H,1-7H2. The summed E-state index contributed by atoms with van der Waals surface area (Å²) in [4.78, 5) is 12.8. The van der Waals surface area contributed by atoms with Crippen LogP contribution < -0.4 is 0 Å². The molecule has 1 spiro atoms. The van der Waals surface area contributed by atoms with Gasteiger partial charge in [-0.15, -0.1) is 0 Å². The summed E-state index contributed by atoms with van der Waals surface area (Å²) in [6, 6.07) is 0. The molecule has 0 unspecified atom stereocenters. The van der Waals surface area contributed by atoms with Crippen molar-refractivity contribution in [2.24, 2.45) is 0 Å². The molecule has 0 aromatic heterocycles. The molecule has 2 heterocycles. The minimum atomic E-state index is -0.438. The van der Waals surface area contributed by atoms with Crippen LogP contribution in [0.15, 0.2) is 0 Å². The van der Waals surface area contributed by atoms with E-state index in [0.717, 1.165) is 0 Å². The van der Waals surface area contributed by atoms with Crippen LogP contribution in [0.2, 0.25) is 0 Å². The van der Waals surface area contributed by atoms with Crippen LogP contribution in [-0.2, 0) is 14.3 Å². The van der Waals surface area contributed by atoms with E-state index in [0.29, 0.717) is 39.1 Å². The van der Waals surface area contributed by atoms with Gasteiger partial charge in [0.1, 0.15) is 6.61 Å². The van der Waals surface area contributed by atoms with Gasteiger partial charge in [0, 0.05) is 25.9 Å². The average Bonchev–Trinajstić information content (AvgIpc) is 2.67. The first-order valence-electron chi connectivity index (χ1n) is 4.92. The molecule has 5 heteroatoms. The third kappa shape index (κ3) is 1.75. The van der Waals surface area contributed by atoms with Crippen LogP contribution in [0.4, 0.5) is 0 Å². The first-order chi connectivity index (χ1) is 6.76. The van der Waals surface area contributed by atoms with Gasteiger partial charge in [0.2, 0.25) is 5.91 Å². The number of ether oxygens (including phenoxy) is 2. The summed E-state index contributed by atoms with van der Waals surface area (Å²) >= 11 is 0. The van der Waals surface area contributed by atoms with Gasteiger partial charge < -0.3 is 19.5 Å². The van der Waals surface area contributed by atoms with Gasteiger partial charge in [-0.1, -0.05) is 0 Å². The lowest BCUT2D eigenvalue weighted by atomic mass is 10.0. The van der Waals surface area contributed by atoms with Crippen molar-refractivity contribution >= 4 is 5.91 Å². The fourth-order valence-electron chi connectivity index (χ4n) is 1.98. The topological polar surface area (TPSA) is 59.0 Å². The predicted octanol–water partition coefficient (Wildman–Crippen LogP) is -0.656. The van der Waals surface area contributed by atoms with Gasteiger partial charge in [0.15, 0.2) is 5.79 Å². The molecule has 0 aromatic rings. The van der Waals surface area contributed by atoms with Gasteiger partial charge in [0.05, 0.1) is 13.2 Å². The third-order valence-corrected chi connectivity index (χ3v) is 2.83. The summed E-state index contributed by atoms with van der Waals surface area (Å²) in [6.45, 7) is 2.11. The zero-order valence-corrected chi connectivity index (χ0v) is 8.07. The predicted molar refractivity (Wildman–Crippen MR) is 47.5 cm³/mol. The number of nitrogens with zero attached hydrogens (tertiary/aromatic N) is 1. The van der Waals surface area contributed by atoms with Gasteiger partial charge in [-0.25, -0.2) is 0 Å². The normalized spacial score (nSPS) is 25.6. The van der Waals surface area contributed by atoms with Crippen LogP contribution in [0.5, 0.6) is 0 Å². The first kappa shape index (κ1) is 9.89. The maximum absolute atomic E-state index is 11.2. The molecule has 2 aliphatic rings. The zero-order chi connectivity index (χ0) is 10.0. The summed E-state index contributed by atoms with van der Waals surface area (Å²) in [7, 11) is 0. The van der Waals surface area contributed by atoms with Crippen molar-refractivity contribution in [3.05, 3.63) is 0 Å². The number of likely N-dealkylation sites (tertiary alicyclic amines) is 1. The van der Waals surface area contributed by atoms with E-state index in [1.165, 1.54) is 0 Å². The Bertz CT molecular complexity index is 215. The summed E-state index contributed by atoms with van der Waals surface area (Å²) in [6.07, 6.45) is 1.41. The highest BCUT2D eigenvalue weighted by Gasteiger charge is 2.40. The van der Waals surface area contributed by atoms with Crippen molar-refractivity contribution in [3.8, 4) is 0 Å². The maximum Gasteiger partial charge on any atom is 0.248 e. The molecule has 2 saturated heterocycles. The number of amides is 1. The highest BCUT2D eigenvalue weighted by Crippen LogP contribution is 2.31. The van der Waals surface area contributed by atoms with Gasteiger partial charge >= 0.3 is 0 Å². The smallest absolute Gasteiger partial charge is 0.248 e. The Morgan fingerprint density at radius 2 is 1.86 bits per heavy atom. The van der Waals surface area contributed by atoms with Crippen molar-refractivity contribution in [2.75, 3.05) is 32.9 Å². The summed E-state index contributed by atoms with van der Waals surface area (Å²) in [5.41, 5.74) is 0. The van der Waals surface area contributed by atoms with Crippen molar-refractivity contribution in [3.63, 3.8) is 0 Å². The van der Waals surface area contributed by atoms with E-state index < -0.39 is 12.4 Å². The largest absolute Gasteiger partial charge is 0.387 e. The molecule has 0 bridgehead atoms. The van der Waals surface area contributed by atoms with Crippen LogP contribution in [-0.4, -0.2) is 54.6 Å². The molecular weight excluding hydrogens is 186 g/mol. The second-order valence-corrected chi connectivity index (χ2v) is 3.65. The number of rotatable bonds is 1. The van der Waals surface area contributed by atoms with E-state index in [2.05, 4.69) is 0 Å². The molecule has 2 fully saturated rings. The van der Waals surface area contributed by atoms with E-state index in [1.54, 1.807) is 4.90 Å². The van der Waals surface area contributed by atoms with Gasteiger partial charge in [0.25, 0.3) is 0 Å². The zero-order valence-electron chi connectivity index (χ0n) is 8.07. The molecule has 2 rings (SSSR count). The lowest BCUT2D eigenvalue weighted by Gasteiger charge is -2.37. The van der Waals surface area contributed by atoms with E-state index >= 15 is 0 Å². The van der Waals surface area contributed by atoms with Crippen molar-refractivity contribution in [2.45, 2.75) is 18.6 Å². The Kier molecular flexibility index (Phi) is 2.71. The second-order valence-electron chi connectivity index (χ2n) is 3.65. The molecule has 80 valence electrons. The van der Waals surface area contributed by atoms with Crippen molar-refractivity contribution < 1.29 is 19.4 Å². The molecular formula is C9H15NO4. The molecule has 0 radical (unpaired) electrons. The first-order valence-corrected chi connectivity index (χ1v) is 4.92. The molecule has 0 aromatic carbocycles. The van der Waals surface area contributed by atoms with Crippen LogP contribution in [0.1, 0.15) is 12.8 Å². The number of hydrogen-bond acceptors (Lipinski definition) is 4. The highest BCUT2D eigenvalue weighted by atomic mass is 16.7. The van der Waals surface area contributed by atoms with E-state index in [-0.39, 0.29) is 5.91 Å². The fraction of sp³-hybridized carbons (Fsp3) is 0.889. The lowest BCUT2D eigenvalue weighted by molar-refractivity contribution is -0.188. The maximum atomic E-state index is 11.2. The molecule has 0 atom stereocenters. The number of carbonyl (C=O) groups excluding carboxylic acids is 1. The number of piperidine rings is 1. The Morgan fingerprint density at radius 1 is 1.29 bits per heavy atom. The molecule has 2 aliphatic heterocycles. The quantitative estimate of drug-likeness (QED) is 0.612. The summed E-state index contributed by atoms with van der Waals surface area (Å²) in [5, 5.41) is 8.69. The molecule has 1 amide bonds. The Balaban J connectivity index is 1.88. The molecule has 1 N–H and O–H groups in total. The van der Waals surface area contributed by atoms with Gasteiger partial charge in [-0.3, -0.25) is 4.79 Å².